The van der Waals surface area contributed by atoms with Crippen molar-refractivity contribution in [3.05, 3.63) is 0 Å². The molecule has 0 aromatic rings. The summed E-state index contributed by atoms with van der Waals surface area (Å²) in [6, 6.07) is -0.599. The number of carboxylic acids is 1. The number of likely N-dealkylation sites (N-methyl/N-ethyl adjacent to an activating group) is 1. The minimum Gasteiger partial charge on any atom is -0.477 e. The lowest BCUT2D eigenvalue weighted by atomic mass is 10.1. The average Bonchev–Trinajstić information content (AvgIpc) is 2.57. The number of quaternary nitrogens is 1. The highest BCUT2D eigenvalue weighted by molar-refractivity contribution is 5.72. The molecule has 158 valence electrons. The van der Waals surface area contributed by atoms with Gasteiger partial charge in [0, 0.05) is 19.3 Å². The van der Waals surface area contributed by atoms with Gasteiger partial charge in [0.2, 0.25) is 0 Å². The predicted molar refractivity (Wildman–Crippen MR) is 100 cm³/mol. The van der Waals surface area contributed by atoms with Gasteiger partial charge in [-0.05, 0) is 6.42 Å². The Labute approximate surface area is 162 Å². The number of nitrogens with zero attached hydrogens (tertiary/aromatic N) is 1. The van der Waals surface area contributed by atoms with E-state index in [4.69, 9.17) is 14.2 Å². The zero-order chi connectivity index (χ0) is 20.9. The molecule has 8 heteroatoms. The zero-order valence-electron chi connectivity index (χ0n) is 17.4. The smallest absolute Gasteiger partial charge is 0.362 e. The standard InChI is InChI=1S/C19H35NO7/c1-6-8-9-10-18(22)27-15(14-26-17(21)7-2)13-25-12-11-16(19(23)24)20(3,4)5/h15-16H,6-14H2,1-5H3/p+1. The van der Waals surface area contributed by atoms with Crippen molar-refractivity contribution in [1.29, 1.82) is 0 Å². The fourth-order valence-electron chi connectivity index (χ4n) is 2.42. The third-order valence-corrected chi connectivity index (χ3v) is 4.06. The molecule has 0 amide bonds. The molecule has 0 rings (SSSR count). The van der Waals surface area contributed by atoms with E-state index in [9.17, 15) is 19.5 Å². The monoisotopic (exact) mass is 390 g/mol. The molecule has 0 heterocycles. The number of hydrogen-bond donors (Lipinski definition) is 1. The van der Waals surface area contributed by atoms with Crippen LogP contribution < -0.4 is 0 Å². The van der Waals surface area contributed by atoms with Crippen molar-refractivity contribution in [2.45, 2.75) is 64.5 Å². The van der Waals surface area contributed by atoms with Crippen LogP contribution in [0.15, 0.2) is 0 Å². The van der Waals surface area contributed by atoms with E-state index in [2.05, 4.69) is 0 Å². The minimum absolute atomic E-state index is 0.0555. The van der Waals surface area contributed by atoms with Gasteiger partial charge in [-0.1, -0.05) is 26.7 Å². The number of unbranched alkanes of at least 4 members (excludes halogenated alkanes) is 2. The highest BCUT2D eigenvalue weighted by atomic mass is 16.6. The Hall–Kier alpha value is -1.67. The third kappa shape index (κ3) is 12.4. The molecule has 2 atom stereocenters. The molecule has 0 spiro atoms. The van der Waals surface area contributed by atoms with Crippen molar-refractivity contribution >= 4 is 17.9 Å². The highest BCUT2D eigenvalue weighted by Crippen LogP contribution is 2.09. The van der Waals surface area contributed by atoms with E-state index in [1.54, 1.807) is 6.92 Å². The molecule has 0 radical (unpaired) electrons. The van der Waals surface area contributed by atoms with Gasteiger partial charge < -0.3 is 23.8 Å². The van der Waals surface area contributed by atoms with Gasteiger partial charge in [-0.2, -0.15) is 0 Å². The summed E-state index contributed by atoms with van der Waals surface area (Å²) in [5.74, 6) is -1.61. The first kappa shape index (κ1) is 25.3. The topological polar surface area (TPSA) is 99.1 Å². The summed E-state index contributed by atoms with van der Waals surface area (Å²) in [5.41, 5.74) is 0. The summed E-state index contributed by atoms with van der Waals surface area (Å²) in [6.07, 6.45) is 2.89. The summed E-state index contributed by atoms with van der Waals surface area (Å²) in [5, 5.41) is 9.31. The van der Waals surface area contributed by atoms with Crippen LogP contribution in [0.2, 0.25) is 0 Å². The number of ether oxygens (including phenoxy) is 3. The summed E-state index contributed by atoms with van der Waals surface area (Å²) < 4.78 is 16.2. The fraction of sp³-hybridized carbons (Fsp3) is 0.842. The number of aliphatic carboxylic acids is 1. The van der Waals surface area contributed by atoms with Crippen LogP contribution in [0, 0.1) is 0 Å². The number of carbonyl (C=O) groups is 3. The van der Waals surface area contributed by atoms with Gasteiger partial charge in [0.1, 0.15) is 6.61 Å². The minimum atomic E-state index is -0.887. The molecule has 0 aliphatic carbocycles. The molecule has 0 fully saturated rings. The second-order valence-corrected chi connectivity index (χ2v) is 7.44. The molecule has 0 saturated carbocycles. The van der Waals surface area contributed by atoms with Crippen molar-refractivity contribution in [3.63, 3.8) is 0 Å². The molecule has 0 aliphatic rings. The molecule has 0 bridgehead atoms. The molecule has 1 N–H and O–H groups in total. The number of esters is 2. The molecule has 0 saturated heterocycles. The molecule has 0 aliphatic heterocycles. The average molecular weight is 390 g/mol. The predicted octanol–water partition coefficient (Wildman–Crippen LogP) is 2.00. The highest BCUT2D eigenvalue weighted by Gasteiger charge is 2.31. The van der Waals surface area contributed by atoms with Gasteiger partial charge in [0.05, 0.1) is 34.4 Å². The van der Waals surface area contributed by atoms with E-state index in [1.165, 1.54) is 0 Å². The second kappa shape index (κ2) is 13.5. The normalized spacial score (nSPS) is 13.7. The van der Waals surface area contributed by atoms with Crippen molar-refractivity contribution in [1.82, 2.24) is 0 Å². The molecule has 0 aromatic carbocycles. The van der Waals surface area contributed by atoms with Crippen molar-refractivity contribution < 1.29 is 38.2 Å². The van der Waals surface area contributed by atoms with Gasteiger partial charge in [0.15, 0.2) is 12.1 Å². The quantitative estimate of drug-likeness (QED) is 0.259. The molecule has 2 unspecified atom stereocenters. The Morgan fingerprint density at radius 1 is 1.00 bits per heavy atom. The summed E-state index contributed by atoms with van der Waals surface area (Å²) in [7, 11) is 5.43. The van der Waals surface area contributed by atoms with E-state index in [1.807, 2.05) is 28.1 Å². The summed E-state index contributed by atoms with van der Waals surface area (Å²) >= 11 is 0. The van der Waals surface area contributed by atoms with Gasteiger partial charge in [-0.3, -0.25) is 9.59 Å². The fourth-order valence-corrected chi connectivity index (χ4v) is 2.42. The largest absolute Gasteiger partial charge is 0.477 e. The number of carbonyl (C=O) groups excluding carboxylic acids is 2. The Kier molecular flexibility index (Phi) is 12.7. The van der Waals surface area contributed by atoms with E-state index in [-0.39, 0.29) is 42.7 Å². The van der Waals surface area contributed by atoms with Crippen LogP contribution in [0.4, 0.5) is 0 Å². The van der Waals surface area contributed by atoms with Gasteiger partial charge in [0.25, 0.3) is 0 Å². The van der Waals surface area contributed by atoms with Crippen LogP contribution in [-0.4, -0.2) is 80.6 Å². The Morgan fingerprint density at radius 2 is 1.67 bits per heavy atom. The molecule has 8 nitrogen and oxygen atoms in total. The molecular weight excluding hydrogens is 354 g/mol. The van der Waals surface area contributed by atoms with Gasteiger partial charge >= 0.3 is 17.9 Å². The van der Waals surface area contributed by atoms with Crippen molar-refractivity contribution in [3.8, 4) is 0 Å². The molecule has 27 heavy (non-hydrogen) atoms. The summed E-state index contributed by atoms with van der Waals surface area (Å²) in [6.45, 7) is 3.93. The first-order valence-electron chi connectivity index (χ1n) is 9.58. The first-order valence-corrected chi connectivity index (χ1v) is 9.58. The maximum absolute atomic E-state index is 11.9. The number of rotatable bonds is 15. The van der Waals surface area contributed by atoms with Crippen LogP contribution in [-0.2, 0) is 28.6 Å². The maximum Gasteiger partial charge on any atom is 0.362 e. The van der Waals surface area contributed by atoms with Crippen LogP contribution in [0.3, 0.4) is 0 Å². The third-order valence-electron chi connectivity index (χ3n) is 4.06. The van der Waals surface area contributed by atoms with Crippen LogP contribution in [0.1, 0.15) is 52.4 Å². The summed E-state index contributed by atoms with van der Waals surface area (Å²) in [4.78, 5) is 34.6. The van der Waals surface area contributed by atoms with E-state index in [0.29, 0.717) is 12.8 Å². The Balaban J connectivity index is 4.50. The van der Waals surface area contributed by atoms with E-state index in [0.717, 1.165) is 19.3 Å². The zero-order valence-corrected chi connectivity index (χ0v) is 17.4. The van der Waals surface area contributed by atoms with Crippen LogP contribution in [0.25, 0.3) is 0 Å². The second-order valence-electron chi connectivity index (χ2n) is 7.44. The van der Waals surface area contributed by atoms with Crippen molar-refractivity contribution in [2.24, 2.45) is 0 Å². The Morgan fingerprint density at radius 3 is 2.19 bits per heavy atom. The number of carboxylic acid groups (broad SMARTS) is 1. The van der Waals surface area contributed by atoms with E-state index >= 15 is 0 Å². The first-order chi connectivity index (χ1) is 12.6. The van der Waals surface area contributed by atoms with Crippen LogP contribution >= 0.6 is 0 Å². The van der Waals surface area contributed by atoms with Gasteiger partial charge in [-0.25, -0.2) is 4.79 Å². The SMILES string of the molecule is CCCCCC(=O)OC(COCCC(C(=O)O)[N+](C)(C)C)COC(=O)CC. The van der Waals surface area contributed by atoms with Crippen LogP contribution in [0.5, 0.6) is 0 Å². The maximum atomic E-state index is 11.9. The molecule has 0 aromatic heterocycles. The molecular formula is C19H36NO7+. The van der Waals surface area contributed by atoms with Crippen molar-refractivity contribution in [2.75, 3.05) is 41.0 Å². The Bertz CT molecular complexity index is 459. The van der Waals surface area contributed by atoms with Gasteiger partial charge in [-0.15, -0.1) is 0 Å². The van der Waals surface area contributed by atoms with E-state index < -0.39 is 18.1 Å². The lowest BCUT2D eigenvalue weighted by Gasteiger charge is -2.31. The lowest BCUT2D eigenvalue weighted by molar-refractivity contribution is -0.887. The number of hydrogen-bond acceptors (Lipinski definition) is 6. The lowest BCUT2D eigenvalue weighted by Crippen LogP contribution is -2.50.